The van der Waals surface area contributed by atoms with Crippen molar-refractivity contribution in [3.63, 3.8) is 0 Å². The van der Waals surface area contributed by atoms with E-state index in [2.05, 4.69) is 0 Å². The zero-order valence-corrected chi connectivity index (χ0v) is 12.8. The van der Waals surface area contributed by atoms with Crippen LogP contribution < -0.4 is 0 Å². The van der Waals surface area contributed by atoms with Gasteiger partial charge in [-0.15, -0.1) is 0 Å². The standard InChI is InChI=1S/C18H18O4/c1-10-4-6-13(17(19)20)8-15(10)12(3)16-9-14(18(21)22)7-5-11(16)2/h4-9,12H,1-3H3,(H,19,20)(H,21,22). The van der Waals surface area contributed by atoms with Crippen LogP contribution in [-0.4, -0.2) is 22.2 Å². The monoisotopic (exact) mass is 298 g/mol. The smallest absolute Gasteiger partial charge is 0.335 e. The van der Waals surface area contributed by atoms with Gasteiger partial charge >= 0.3 is 11.9 Å². The van der Waals surface area contributed by atoms with Crippen LogP contribution in [-0.2, 0) is 0 Å². The third-order valence-corrected chi connectivity index (χ3v) is 3.99. The molecule has 0 atom stereocenters. The summed E-state index contributed by atoms with van der Waals surface area (Å²) < 4.78 is 0. The molecule has 0 radical (unpaired) electrons. The van der Waals surface area contributed by atoms with Gasteiger partial charge in [-0.3, -0.25) is 0 Å². The van der Waals surface area contributed by atoms with E-state index in [0.717, 1.165) is 22.3 Å². The highest BCUT2D eigenvalue weighted by Gasteiger charge is 2.17. The van der Waals surface area contributed by atoms with Gasteiger partial charge in [-0.2, -0.15) is 0 Å². The second-order valence-corrected chi connectivity index (χ2v) is 5.47. The summed E-state index contributed by atoms with van der Waals surface area (Å²) in [7, 11) is 0. The lowest BCUT2D eigenvalue weighted by Gasteiger charge is -2.18. The summed E-state index contributed by atoms with van der Waals surface area (Å²) in [5.41, 5.74) is 4.23. The van der Waals surface area contributed by atoms with Gasteiger partial charge in [-0.05, 0) is 60.4 Å². The highest BCUT2D eigenvalue weighted by molar-refractivity contribution is 5.88. The van der Waals surface area contributed by atoms with Gasteiger partial charge in [0.05, 0.1) is 11.1 Å². The topological polar surface area (TPSA) is 74.6 Å². The zero-order chi connectivity index (χ0) is 16.4. The third kappa shape index (κ3) is 3.01. The van der Waals surface area contributed by atoms with Gasteiger partial charge in [-0.1, -0.05) is 19.1 Å². The Morgan fingerprint density at radius 1 is 0.818 bits per heavy atom. The fourth-order valence-corrected chi connectivity index (χ4v) is 2.65. The van der Waals surface area contributed by atoms with Crippen molar-refractivity contribution in [2.24, 2.45) is 0 Å². The molecule has 22 heavy (non-hydrogen) atoms. The highest BCUT2D eigenvalue weighted by Crippen LogP contribution is 2.30. The molecule has 114 valence electrons. The number of hydrogen-bond acceptors (Lipinski definition) is 2. The summed E-state index contributed by atoms with van der Waals surface area (Å²) in [6, 6.07) is 10.0. The molecular formula is C18H18O4. The predicted octanol–water partition coefficient (Wildman–Crippen LogP) is 3.85. The largest absolute Gasteiger partial charge is 0.478 e. The number of rotatable bonds is 4. The van der Waals surface area contributed by atoms with Crippen LogP contribution in [0.15, 0.2) is 36.4 Å². The summed E-state index contributed by atoms with van der Waals surface area (Å²) in [6.45, 7) is 5.81. The van der Waals surface area contributed by atoms with Crippen LogP contribution in [0.1, 0.15) is 55.8 Å². The molecule has 0 aliphatic rings. The molecule has 0 heterocycles. The fraction of sp³-hybridized carbons (Fsp3) is 0.222. The van der Waals surface area contributed by atoms with Gasteiger partial charge in [0.25, 0.3) is 0 Å². The van der Waals surface area contributed by atoms with Crippen molar-refractivity contribution in [3.8, 4) is 0 Å². The number of carboxylic acids is 2. The summed E-state index contributed by atoms with van der Waals surface area (Å²) in [5, 5.41) is 18.3. The Kier molecular flexibility index (Phi) is 4.31. The predicted molar refractivity (Wildman–Crippen MR) is 83.8 cm³/mol. The van der Waals surface area contributed by atoms with Crippen LogP contribution in [0.5, 0.6) is 0 Å². The normalized spacial score (nSPS) is 10.7. The van der Waals surface area contributed by atoms with E-state index in [1.165, 1.54) is 0 Å². The van der Waals surface area contributed by atoms with Gasteiger partial charge in [0, 0.05) is 5.92 Å². The first-order chi connectivity index (χ1) is 10.3. The Bertz CT molecular complexity index is 683. The number of hydrogen-bond donors (Lipinski definition) is 2. The molecular weight excluding hydrogens is 280 g/mol. The lowest BCUT2D eigenvalue weighted by atomic mass is 9.86. The van der Waals surface area contributed by atoms with Crippen molar-refractivity contribution in [3.05, 3.63) is 69.8 Å². The molecule has 2 aromatic rings. The van der Waals surface area contributed by atoms with Gasteiger partial charge in [-0.25, -0.2) is 9.59 Å². The number of benzene rings is 2. The van der Waals surface area contributed by atoms with Crippen molar-refractivity contribution < 1.29 is 19.8 Å². The second-order valence-electron chi connectivity index (χ2n) is 5.47. The van der Waals surface area contributed by atoms with E-state index < -0.39 is 11.9 Å². The van der Waals surface area contributed by atoms with E-state index in [9.17, 15) is 9.59 Å². The molecule has 0 fully saturated rings. The molecule has 4 heteroatoms. The van der Waals surface area contributed by atoms with E-state index in [1.54, 1.807) is 36.4 Å². The molecule has 0 spiro atoms. The molecule has 0 aliphatic carbocycles. The summed E-state index contributed by atoms with van der Waals surface area (Å²) in [4.78, 5) is 22.3. The maximum Gasteiger partial charge on any atom is 0.335 e. The van der Waals surface area contributed by atoms with Crippen molar-refractivity contribution in [2.45, 2.75) is 26.7 Å². The maximum atomic E-state index is 11.2. The highest BCUT2D eigenvalue weighted by atomic mass is 16.4. The zero-order valence-electron chi connectivity index (χ0n) is 12.8. The average molecular weight is 298 g/mol. The molecule has 4 nitrogen and oxygen atoms in total. The Morgan fingerprint density at radius 2 is 1.18 bits per heavy atom. The lowest BCUT2D eigenvalue weighted by Crippen LogP contribution is -2.06. The van der Waals surface area contributed by atoms with Gasteiger partial charge < -0.3 is 10.2 Å². The van der Waals surface area contributed by atoms with E-state index >= 15 is 0 Å². The van der Waals surface area contributed by atoms with Crippen molar-refractivity contribution >= 4 is 11.9 Å². The number of carbonyl (C=O) groups is 2. The van der Waals surface area contributed by atoms with E-state index in [0.29, 0.717) is 0 Å². The van der Waals surface area contributed by atoms with Crippen LogP contribution in [0.25, 0.3) is 0 Å². The van der Waals surface area contributed by atoms with Crippen molar-refractivity contribution in [1.82, 2.24) is 0 Å². The molecule has 0 aliphatic heterocycles. The van der Waals surface area contributed by atoms with Crippen molar-refractivity contribution in [2.75, 3.05) is 0 Å². The second kappa shape index (κ2) is 6.02. The van der Waals surface area contributed by atoms with E-state index in [-0.39, 0.29) is 17.0 Å². The first-order valence-corrected chi connectivity index (χ1v) is 6.99. The van der Waals surface area contributed by atoms with Crippen LogP contribution in [0.4, 0.5) is 0 Å². The van der Waals surface area contributed by atoms with Crippen LogP contribution in [0.2, 0.25) is 0 Å². The minimum atomic E-state index is -0.968. The first kappa shape index (κ1) is 15.8. The Balaban J connectivity index is 2.54. The first-order valence-electron chi connectivity index (χ1n) is 6.99. The number of aryl methyl sites for hydroxylation is 2. The Morgan fingerprint density at radius 3 is 1.50 bits per heavy atom. The quantitative estimate of drug-likeness (QED) is 0.899. The van der Waals surface area contributed by atoms with Gasteiger partial charge in [0.1, 0.15) is 0 Å². The number of carboxylic acid groups (broad SMARTS) is 2. The van der Waals surface area contributed by atoms with Crippen molar-refractivity contribution in [1.29, 1.82) is 0 Å². The lowest BCUT2D eigenvalue weighted by molar-refractivity contribution is 0.0686. The summed E-state index contributed by atoms with van der Waals surface area (Å²) >= 11 is 0. The molecule has 0 aromatic heterocycles. The Labute approximate surface area is 129 Å². The summed E-state index contributed by atoms with van der Waals surface area (Å²) in [6.07, 6.45) is 0. The molecule has 2 aromatic carbocycles. The molecule has 2 N–H and O–H groups in total. The van der Waals surface area contributed by atoms with Crippen LogP contribution >= 0.6 is 0 Å². The fourth-order valence-electron chi connectivity index (χ4n) is 2.65. The maximum absolute atomic E-state index is 11.2. The van der Waals surface area contributed by atoms with E-state index in [4.69, 9.17) is 10.2 Å². The minimum Gasteiger partial charge on any atom is -0.478 e. The average Bonchev–Trinajstić information content (AvgIpc) is 2.47. The SMILES string of the molecule is Cc1ccc(C(=O)O)cc1C(C)c1cc(C(=O)O)ccc1C. The number of aromatic carboxylic acids is 2. The molecule has 0 saturated heterocycles. The Hall–Kier alpha value is -2.62. The van der Waals surface area contributed by atoms with Gasteiger partial charge in [0.15, 0.2) is 0 Å². The van der Waals surface area contributed by atoms with Gasteiger partial charge in [0.2, 0.25) is 0 Å². The van der Waals surface area contributed by atoms with Crippen LogP contribution in [0, 0.1) is 13.8 Å². The molecule has 0 bridgehead atoms. The molecule has 2 rings (SSSR count). The molecule has 0 saturated carbocycles. The minimum absolute atomic E-state index is 0.0846. The summed E-state index contributed by atoms with van der Waals surface area (Å²) in [5.74, 6) is -2.02. The molecule has 0 unspecified atom stereocenters. The third-order valence-electron chi connectivity index (χ3n) is 3.99. The van der Waals surface area contributed by atoms with E-state index in [1.807, 2.05) is 20.8 Å². The molecule has 0 amide bonds. The van der Waals surface area contributed by atoms with Crippen LogP contribution in [0.3, 0.4) is 0 Å².